The fourth-order valence-electron chi connectivity index (χ4n) is 1.61. The summed E-state index contributed by atoms with van der Waals surface area (Å²) in [7, 11) is 0. The highest BCUT2D eigenvalue weighted by molar-refractivity contribution is 9.15. The number of halogens is 4. The Labute approximate surface area is 151 Å². The van der Waals surface area contributed by atoms with E-state index >= 15 is 0 Å². The third kappa shape index (κ3) is 2.56. The third-order valence-corrected chi connectivity index (χ3v) is 7.31. The number of hydrazine groups is 1. The van der Waals surface area contributed by atoms with E-state index in [1.807, 2.05) is 5.43 Å². The number of rotatable bonds is 1. The lowest BCUT2D eigenvalue weighted by Gasteiger charge is -2.13. The Balaban J connectivity index is 2.58. The number of hydrogen-bond donors (Lipinski definition) is 2. The molecule has 0 aromatic heterocycles. The summed E-state index contributed by atoms with van der Waals surface area (Å²) < 4.78 is 1.69. The predicted octanol–water partition coefficient (Wildman–Crippen LogP) is 1.85. The van der Waals surface area contributed by atoms with Crippen LogP contribution >= 0.6 is 63.7 Å². The summed E-state index contributed by atoms with van der Waals surface area (Å²) in [6, 6.07) is 0. The van der Waals surface area contributed by atoms with Gasteiger partial charge in [-0.25, -0.2) is 5.43 Å². The highest BCUT2D eigenvalue weighted by Gasteiger charge is 2.42. The molecule has 0 unspecified atom stereocenters. The molecule has 110 valence electrons. The molecule has 1 heterocycles. The van der Waals surface area contributed by atoms with E-state index in [9.17, 15) is 19.2 Å². The highest BCUT2D eigenvalue weighted by Crippen LogP contribution is 2.44. The summed E-state index contributed by atoms with van der Waals surface area (Å²) in [6.45, 7) is 0. The van der Waals surface area contributed by atoms with Crippen molar-refractivity contribution >= 4 is 87.3 Å². The Kier molecular flexibility index (Phi) is 4.57. The molecule has 0 bridgehead atoms. The summed E-state index contributed by atoms with van der Waals surface area (Å²) in [5.74, 6) is -4.15. The first kappa shape index (κ1) is 16.6. The minimum Gasteiger partial charge on any atom is -0.361 e. The van der Waals surface area contributed by atoms with Gasteiger partial charge in [0.15, 0.2) is 0 Å². The first-order valence-corrected chi connectivity index (χ1v) is 8.20. The Morgan fingerprint density at radius 1 is 0.857 bits per heavy atom. The zero-order chi connectivity index (χ0) is 16.1. The molecule has 3 N–H and O–H groups in total. The summed E-state index contributed by atoms with van der Waals surface area (Å²) in [4.78, 5) is 46.5. The van der Waals surface area contributed by atoms with Gasteiger partial charge in [-0.05, 0) is 63.7 Å². The molecule has 0 radical (unpaired) electrons. The van der Waals surface area contributed by atoms with Gasteiger partial charge < -0.3 is 5.73 Å². The molecular weight excluding hydrogens is 546 g/mol. The van der Waals surface area contributed by atoms with Crippen LogP contribution in [0.3, 0.4) is 0 Å². The van der Waals surface area contributed by atoms with Crippen molar-refractivity contribution < 1.29 is 19.2 Å². The largest absolute Gasteiger partial charge is 0.361 e. The van der Waals surface area contributed by atoms with Crippen molar-refractivity contribution in [3.05, 3.63) is 29.0 Å². The number of fused-ring (bicyclic) bond motifs is 1. The van der Waals surface area contributed by atoms with Crippen LogP contribution in [0.4, 0.5) is 0 Å². The molecule has 0 fully saturated rings. The SMILES string of the molecule is NC(=O)C(=O)NN1C(=O)c2c(Br)c(Br)c(Br)c(Br)c2C1=O. The fourth-order valence-corrected chi connectivity index (χ4v) is 4.06. The number of nitrogens with two attached hydrogens (primary N) is 1. The van der Waals surface area contributed by atoms with Crippen molar-refractivity contribution in [2.24, 2.45) is 5.73 Å². The van der Waals surface area contributed by atoms with Crippen LogP contribution in [0.2, 0.25) is 0 Å². The second-order valence-corrected chi connectivity index (χ2v) is 6.93. The standard InChI is InChI=1S/C10H3Br4N3O4/c11-3-1-2(4(12)6(14)5(3)13)10(21)17(9(1)20)16-8(19)7(15)18/h(H2,15,18)(H,16,19). The van der Waals surface area contributed by atoms with Crippen molar-refractivity contribution in [2.75, 3.05) is 0 Å². The smallest absolute Gasteiger partial charge is 0.328 e. The van der Waals surface area contributed by atoms with E-state index in [2.05, 4.69) is 63.7 Å². The van der Waals surface area contributed by atoms with Gasteiger partial charge in [0.1, 0.15) is 0 Å². The summed E-state index contributed by atoms with van der Waals surface area (Å²) in [5, 5.41) is 0.437. The Morgan fingerprint density at radius 3 is 1.57 bits per heavy atom. The van der Waals surface area contributed by atoms with Crippen LogP contribution in [-0.2, 0) is 9.59 Å². The van der Waals surface area contributed by atoms with E-state index in [0.29, 0.717) is 22.9 Å². The summed E-state index contributed by atoms with van der Waals surface area (Å²) in [6.07, 6.45) is 0. The fraction of sp³-hybridized carbons (Fsp3) is 0. The van der Waals surface area contributed by atoms with Crippen molar-refractivity contribution in [3.63, 3.8) is 0 Å². The van der Waals surface area contributed by atoms with Gasteiger partial charge in [-0.2, -0.15) is 5.01 Å². The number of carbonyl (C=O) groups excluding carboxylic acids is 4. The zero-order valence-electron chi connectivity index (χ0n) is 9.67. The number of nitrogens with zero attached hydrogens (tertiary/aromatic N) is 1. The molecule has 0 saturated heterocycles. The van der Waals surface area contributed by atoms with Gasteiger partial charge in [0.25, 0.3) is 11.8 Å². The van der Waals surface area contributed by atoms with Crippen LogP contribution in [0.25, 0.3) is 0 Å². The molecule has 0 atom stereocenters. The van der Waals surface area contributed by atoms with Gasteiger partial charge in [0, 0.05) is 17.9 Å². The van der Waals surface area contributed by atoms with Crippen molar-refractivity contribution in [3.8, 4) is 0 Å². The molecule has 7 nitrogen and oxygen atoms in total. The Morgan fingerprint density at radius 2 is 1.24 bits per heavy atom. The van der Waals surface area contributed by atoms with E-state index in [0.717, 1.165) is 0 Å². The van der Waals surface area contributed by atoms with Gasteiger partial charge in [0.2, 0.25) is 0 Å². The molecule has 21 heavy (non-hydrogen) atoms. The van der Waals surface area contributed by atoms with Crippen molar-refractivity contribution in [1.29, 1.82) is 0 Å². The maximum absolute atomic E-state index is 12.3. The second kappa shape index (κ2) is 5.78. The molecule has 0 aliphatic carbocycles. The van der Waals surface area contributed by atoms with E-state index in [1.54, 1.807) is 0 Å². The number of imide groups is 1. The molecular formula is C10H3Br4N3O4. The van der Waals surface area contributed by atoms with Gasteiger partial charge in [-0.3, -0.25) is 19.2 Å². The lowest BCUT2D eigenvalue weighted by atomic mass is 10.1. The van der Waals surface area contributed by atoms with Crippen LogP contribution in [0.1, 0.15) is 20.7 Å². The molecule has 4 amide bonds. The number of hydrogen-bond acceptors (Lipinski definition) is 4. The zero-order valence-corrected chi connectivity index (χ0v) is 16.0. The van der Waals surface area contributed by atoms with Crippen LogP contribution in [0.15, 0.2) is 17.9 Å². The quantitative estimate of drug-likeness (QED) is 0.242. The van der Waals surface area contributed by atoms with E-state index in [4.69, 9.17) is 5.73 Å². The van der Waals surface area contributed by atoms with Crippen LogP contribution in [-0.4, -0.2) is 28.6 Å². The monoisotopic (exact) mass is 545 g/mol. The summed E-state index contributed by atoms with van der Waals surface area (Å²) >= 11 is 12.9. The molecule has 1 aliphatic rings. The van der Waals surface area contributed by atoms with Crippen molar-refractivity contribution in [1.82, 2.24) is 10.4 Å². The van der Waals surface area contributed by atoms with E-state index < -0.39 is 23.6 Å². The number of amides is 4. The minimum atomic E-state index is -1.31. The molecule has 0 spiro atoms. The predicted molar refractivity (Wildman–Crippen MR) is 85.1 cm³/mol. The highest BCUT2D eigenvalue weighted by atomic mass is 79.9. The maximum atomic E-state index is 12.3. The van der Waals surface area contributed by atoms with Gasteiger partial charge >= 0.3 is 11.8 Å². The average molecular weight is 549 g/mol. The van der Waals surface area contributed by atoms with Crippen LogP contribution in [0, 0.1) is 0 Å². The Bertz CT molecular complexity index is 687. The molecule has 1 aliphatic heterocycles. The van der Waals surface area contributed by atoms with Crippen LogP contribution < -0.4 is 11.2 Å². The average Bonchev–Trinajstić information content (AvgIpc) is 2.67. The molecule has 1 aromatic carbocycles. The maximum Gasteiger partial charge on any atom is 0.328 e. The lowest BCUT2D eigenvalue weighted by molar-refractivity contribution is -0.139. The first-order chi connectivity index (χ1) is 9.68. The second-order valence-electron chi connectivity index (χ2n) is 3.76. The summed E-state index contributed by atoms with van der Waals surface area (Å²) in [5.41, 5.74) is 6.75. The molecule has 2 rings (SSSR count). The van der Waals surface area contributed by atoms with E-state index in [-0.39, 0.29) is 11.1 Å². The first-order valence-electron chi connectivity index (χ1n) is 5.03. The van der Waals surface area contributed by atoms with Gasteiger partial charge in [-0.1, -0.05) is 0 Å². The van der Waals surface area contributed by atoms with Gasteiger partial charge in [0.05, 0.1) is 11.1 Å². The number of benzene rings is 1. The molecule has 1 aromatic rings. The number of carbonyl (C=O) groups is 4. The van der Waals surface area contributed by atoms with Gasteiger partial charge in [-0.15, -0.1) is 0 Å². The number of primary amides is 1. The molecule has 11 heteroatoms. The lowest BCUT2D eigenvalue weighted by Crippen LogP contribution is -2.50. The van der Waals surface area contributed by atoms with Crippen LogP contribution in [0.5, 0.6) is 0 Å². The van der Waals surface area contributed by atoms with Crippen molar-refractivity contribution in [2.45, 2.75) is 0 Å². The normalized spacial score (nSPS) is 13.4. The third-order valence-electron chi connectivity index (χ3n) is 2.54. The molecule has 0 saturated carbocycles. The topological polar surface area (TPSA) is 110 Å². The Hall–Kier alpha value is -0.780. The number of nitrogens with one attached hydrogen (secondary N) is 1. The minimum absolute atomic E-state index is 0.0479. The van der Waals surface area contributed by atoms with E-state index in [1.165, 1.54) is 0 Å².